The van der Waals surface area contributed by atoms with Crippen molar-refractivity contribution in [2.75, 3.05) is 12.4 Å². The van der Waals surface area contributed by atoms with Gasteiger partial charge in [0.25, 0.3) is 0 Å². The zero-order valence-electron chi connectivity index (χ0n) is 10.9. The fraction of sp³-hybridized carbons (Fsp3) is 0.133. The van der Waals surface area contributed by atoms with E-state index in [0.717, 1.165) is 33.9 Å². The molecule has 0 aliphatic carbocycles. The van der Waals surface area contributed by atoms with Crippen molar-refractivity contribution in [3.63, 3.8) is 0 Å². The van der Waals surface area contributed by atoms with Gasteiger partial charge in [-0.15, -0.1) is 0 Å². The molecule has 3 rings (SSSR count). The Morgan fingerprint density at radius 1 is 1.16 bits per heavy atom. The standard InChI is InChI=1S/C15H15N3O/c1-10-9-13-14(7-8-16-15(13)17-10)18-11-3-5-12(19-2)6-4-11/h3-9H,1-2H3,(H2,16,17,18). The van der Waals surface area contributed by atoms with Gasteiger partial charge in [0, 0.05) is 23.0 Å². The molecule has 19 heavy (non-hydrogen) atoms. The lowest BCUT2D eigenvalue weighted by atomic mass is 10.2. The van der Waals surface area contributed by atoms with E-state index < -0.39 is 0 Å². The van der Waals surface area contributed by atoms with Crippen LogP contribution in [0.25, 0.3) is 11.0 Å². The van der Waals surface area contributed by atoms with Crippen LogP contribution in [0.2, 0.25) is 0 Å². The number of pyridine rings is 1. The van der Waals surface area contributed by atoms with Crippen molar-refractivity contribution < 1.29 is 4.74 Å². The Kier molecular flexibility index (Phi) is 2.83. The van der Waals surface area contributed by atoms with Crippen LogP contribution in [0.15, 0.2) is 42.6 Å². The van der Waals surface area contributed by atoms with E-state index in [0.29, 0.717) is 0 Å². The number of fused-ring (bicyclic) bond motifs is 1. The van der Waals surface area contributed by atoms with Crippen LogP contribution in [-0.2, 0) is 0 Å². The number of rotatable bonds is 3. The third kappa shape index (κ3) is 2.25. The normalized spacial score (nSPS) is 10.6. The molecule has 0 aliphatic rings. The number of hydrogen-bond acceptors (Lipinski definition) is 3. The summed E-state index contributed by atoms with van der Waals surface area (Å²) in [6, 6.07) is 11.9. The van der Waals surface area contributed by atoms with Crippen molar-refractivity contribution in [1.82, 2.24) is 9.97 Å². The van der Waals surface area contributed by atoms with E-state index in [1.165, 1.54) is 0 Å². The minimum atomic E-state index is 0.850. The van der Waals surface area contributed by atoms with E-state index in [-0.39, 0.29) is 0 Å². The van der Waals surface area contributed by atoms with Crippen molar-refractivity contribution in [2.24, 2.45) is 0 Å². The zero-order valence-corrected chi connectivity index (χ0v) is 10.9. The first-order valence-corrected chi connectivity index (χ1v) is 6.11. The van der Waals surface area contributed by atoms with Crippen LogP contribution in [0.5, 0.6) is 5.75 Å². The summed E-state index contributed by atoms with van der Waals surface area (Å²) in [5, 5.41) is 4.49. The molecule has 3 aromatic rings. The first kappa shape index (κ1) is 11.6. The van der Waals surface area contributed by atoms with Crippen molar-refractivity contribution in [2.45, 2.75) is 6.92 Å². The second-order valence-corrected chi connectivity index (χ2v) is 4.43. The predicted octanol–water partition coefficient (Wildman–Crippen LogP) is 3.62. The van der Waals surface area contributed by atoms with Crippen molar-refractivity contribution in [3.05, 3.63) is 48.3 Å². The number of nitrogens with one attached hydrogen (secondary N) is 2. The molecule has 2 N–H and O–H groups in total. The molecule has 0 bridgehead atoms. The Morgan fingerprint density at radius 2 is 1.95 bits per heavy atom. The number of benzene rings is 1. The molecular formula is C15H15N3O. The smallest absolute Gasteiger partial charge is 0.139 e. The summed E-state index contributed by atoms with van der Waals surface area (Å²) in [4.78, 5) is 7.55. The minimum absolute atomic E-state index is 0.850. The van der Waals surface area contributed by atoms with Gasteiger partial charge in [0.1, 0.15) is 11.4 Å². The summed E-state index contributed by atoms with van der Waals surface area (Å²) < 4.78 is 5.15. The van der Waals surface area contributed by atoms with Crippen molar-refractivity contribution >= 4 is 22.4 Å². The molecule has 0 fully saturated rings. The number of H-pyrrole nitrogens is 1. The largest absolute Gasteiger partial charge is 0.497 e. The Morgan fingerprint density at radius 3 is 2.68 bits per heavy atom. The lowest BCUT2D eigenvalue weighted by Gasteiger charge is -2.08. The number of aromatic amines is 1. The lowest BCUT2D eigenvalue weighted by Crippen LogP contribution is -1.91. The van der Waals surface area contributed by atoms with E-state index in [1.54, 1.807) is 13.3 Å². The second kappa shape index (κ2) is 4.65. The Balaban J connectivity index is 1.95. The van der Waals surface area contributed by atoms with Gasteiger partial charge in [-0.3, -0.25) is 0 Å². The molecule has 2 aromatic heterocycles. The summed E-state index contributed by atoms with van der Waals surface area (Å²) in [7, 11) is 1.66. The Hall–Kier alpha value is -2.49. The van der Waals surface area contributed by atoms with Gasteiger partial charge in [0.05, 0.1) is 12.8 Å². The summed E-state index contributed by atoms with van der Waals surface area (Å²) in [5.74, 6) is 0.850. The van der Waals surface area contributed by atoms with Crippen LogP contribution in [0.3, 0.4) is 0 Å². The molecule has 0 saturated heterocycles. The number of hydrogen-bond donors (Lipinski definition) is 2. The van der Waals surface area contributed by atoms with E-state index in [1.807, 2.05) is 37.3 Å². The molecule has 1 aromatic carbocycles. The van der Waals surface area contributed by atoms with Gasteiger partial charge < -0.3 is 15.0 Å². The number of aromatic nitrogens is 2. The maximum absolute atomic E-state index is 5.15. The van der Waals surface area contributed by atoms with Gasteiger partial charge >= 0.3 is 0 Å². The average molecular weight is 253 g/mol. The first-order chi connectivity index (χ1) is 9.26. The highest BCUT2D eigenvalue weighted by Gasteiger charge is 2.05. The number of methoxy groups -OCH3 is 1. The van der Waals surface area contributed by atoms with E-state index in [2.05, 4.69) is 21.4 Å². The molecule has 2 heterocycles. The van der Waals surface area contributed by atoms with Crippen LogP contribution < -0.4 is 10.1 Å². The van der Waals surface area contributed by atoms with Crippen LogP contribution in [-0.4, -0.2) is 17.1 Å². The monoisotopic (exact) mass is 253 g/mol. The van der Waals surface area contributed by atoms with Gasteiger partial charge in [0.2, 0.25) is 0 Å². The fourth-order valence-electron chi connectivity index (χ4n) is 2.10. The van der Waals surface area contributed by atoms with Crippen LogP contribution in [0, 0.1) is 6.92 Å². The molecule has 0 atom stereocenters. The maximum atomic E-state index is 5.15. The lowest BCUT2D eigenvalue weighted by molar-refractivity contribution is 0.415. The average Bonchev–Trinajstić information content (AvgIpc) is 2.81. The highest BCUT2D eigenvalue weighted by molar-refractivity contribution is 5.91. The van der Waals surface area contributed by atoms with E-state index in [9.17, 15) is 0 Å². The van der Waals surface area contributed by atoms with E-state index >= 15 is 0 Å². The molecule has 0 spiro atoms. The van der Waals surface area contributed by atoms with Gasteiger partial charge in [0.15, 0.2) is 0 Å². The number of nitrogens with zero attached hydrogens (tertiary/aromatic N) is 1. The highest BCUT2D eigenvalue weighted by atomic mass is 16.5. The third-order valence-corrected chi connectivity index (χ3v) is 3.04. The zero-order chi connectivity index (χ0) is 13.2. The molecule has 96 valence electrons. The topological polar surface area (TPSA) is 49.9 Å². The van der Waals surface area contributed by atoms with Crippen molar-refractivity contribution in [3.8, 4) is 5.75 Å². The third-order valence-electron chi connectivity index (χ3n) is 3.04. The minimum Gasteiger partial charge on any atom is -0.497 e. The summed E-state index contributed by atoms with van der Waals surface area (Å²) >= 11 is 0. The molecule has 0 radical (unpaired) electrons. The van der Waals surface area contributed by atoms with Gasteiger partial charge in [-0.1, -0.05) is 0 Å². The van der Waals surface area contributed by atoms with Crippen LogP contribution in [0.4, 0.5) is 11.4 Å². The SMILES string of the molecule is COc1ccc(Nc2ccnc3[nH]c(C)cc23)cc1. The maximum Gasteiger partial charge on any atom is 0.139 e. The molecular weight excluding hydrogens is 238 g/mol. The number of aryl methyl sites for hydroxylation is 1. The van der Waals surface area contributed by atoms with Gasteiger partial charge in [-0.2, -0.15) is 0 Å². The summed E-state index contributed by atoms with van der Waals surface area (Å²) in [5.41, 5.74) is 4.06. The van der Waals surface area contributed by atoms with Gasteiger partial charge in [-0.05, 0) is 43.3 Å². The van der Waals surface area contributed by atoms with Crippen LogP contribution >= 0.6 is 0 Å². The molecule has 4 heteroatoms. The number of ether oxygens (including phenoxy) is 1. The molecule has 0 aliphatic heterocycles. The molecule has 0 unspecified atom stereocenters. The van der Waals surface area contributed by atoms with Crippen molar-refractivity contribution in [1.29, 1.82) is 0 Å². The van der Waals surface area contributed by atoms with Crippen LogP contribution in [0.1, 0.15) is 5.69 Å². The molecule has 0 amide bonds. The van der Waals surface area contributed by atoms with E-state index in [4.69, 9.17) is 4.74 Å². The Bertz CT molecular complexity index is 701. The summed E-state index contributed by atoms with van der Waals surface area (Å²) in [6.45, 7) is 2.03. The predicted molar refractivity (Wildman–Crippen MR) is 77.1 cm³/mol. The second-order valence-electron chi connectivity index (χ2n) is 4.43. The summed E-state index contributed by atoms with van der Waals surface area (Å²) in [6.07, 6.45) is 1.80. The highest BCUT2D eigenvalue weighted by Crippen LogP contribution is 2.26. The molecule has 0 saturated carbocycles. The fourth-order valence-corrected chi connectivity index (χ4v) is 2.10. The first-order valence-electron chi connectivity index (χ1n) is 6.11. The number of anilines is 2. The Labute approximate surface area is 111 Å². The van der Waals surface area contributed by atoms with Gasteiger partial charge in [-0.25, -0.2) is 4.98 Å². The molecule has 4 nitrogen and oxygen atoms in total. The quantitative estimate of drug-likeness (QED) is 0.749.